The lowest BCUT2D eigenvalue weighted by Crippen LogP contribution is -2.48. The van der Waals surface area contributed by atoms with Crippen LogP contribution < -0.4 is 4.90 Å². The summed E-state index contributed by atoms with van der Waals surface area (Å²) >= 11 is 1.29. The number of Topliss-reactive ketones (excluding diaryl/α,β-unsaturated/α-hetero) is 2. The second-order valence-electron chi connectivity index (χ2n) is 7.26. The van der Waals surface area contributed by atoms with E-state index in [1.165, 1.54) is 23.6 Å². The summed E-state index contributed by atoms with van der Waals surface area (Å²) in [5.41, 5.74) is 2.60. The molecule has 0 bridgehead atoms. The van der Waals surface area contributed by atoms with Crippen molar-refractivity contribution in [2.24, 2.45) is 0 Å². The van der Waals surface area contributed by atoms with E-state index < -0.39 is 23.2 Å². The molecule has 1 aromatic heterocycles. The number of amides is 1. The molecule has 1 amide bonds. The minimum Gasteiger partial charge on any atom is -0.455 e. The molecule has 1 unspecified atom stereocenters. The van der Waals surface area contributed by atoms with Gasteiger partial charge in [0.15, 0.2) is 17.3 Å². The Balaban J connectivity index is 1.54. The first-order valence-electron chi connectivity index (χ1n) is 9.28. The van der Waals surface area contributed by atoms with Gasteiger partial charge in [0, 0.05) is 29.0 Å². The summed E-state index contributed by atoms with van der Waals surface area (Å²) in [6, 6.07) is 7.34. The number of nitrogens with one attached hydrogen (secondary N) is 1. The molecule has 2 aromatic rings. The van der Waals surface area contributed by atoms with Crippen molar-refractivity contribution in [2.75, 3.05) is 11.5 Å². The van der Waals surface area contributed by atoms with Crippen LogP contribution in [0.15, 0.2) is 29.2 Å². The number of ether oxygens (including phenoxy) is 1. The number of ketones is 2. The van der Waals surface area contributed by atoms with Crippen LogP contribution in [0.3, 0.4) is 0 Å². The van der Waals surface area contributed by atoms with Gasteiger partial charge in [0.05, 0.1) is 11.4 Å². The van der Waals surface area contributed by atoms with Crippen LogP contribution in [0.2, 0.25) is 0 Å². The average Bonchev–Trinajstić information content (AvgIpc) is 3.29. The van der Waals surface area contributed by atoms with Crippen LogP contribution in [0.4, 0.5) is 5.69 Å². The Morgan fingerprint density at radius 3 is 2.66 bits per heavy atom. The number of anilines is 1. The van der Waals surface area contributed by atoms with E-state index in [1.54, 1.807) is 19.9 Å². The van der Waals surface area contributed by atoms with Crippen LogP contribution in [-0.4, -0.2) is 39.9 Å². The highest BCUT2D eigenvalue weighted by molar-refractivity contribution is 8.02. The van der Waals surface area contributed by atoms with E-state index in [4.69, 9.17) is 4.74 Å². The Morgan fingerprint density at radius 2 is 1.97 bits per heavy atom. The van der Waals surface area contributed by atoms with Crippen LogP contribution in [0.5, 0.6) is 0 Å². The zero-order chi connectivity index (χ0) is 20.9. The van der Waals surface area contributed by atoms with Gasteiger partial charge in [0.25, 0.3) is 0 Å². The number of hydrogen-bond acceptors (Lipinski definition) is 6. The summed E-state index contributed by atoms with van der Waals surface area (Å²) in [5.74, 6) is -1.29. The molecule has 2 aliphatic rings. The number of nitrogens with zero attached hydrogens (tertiary/aromatic N) is 1. The lowest BCUT2D eigenvalue weighted by atomic mass is 10.1. The number of esters is 1. The molecule has 7 nitrogen and oxygen atoms in total. The van der Waals surface area contributed by atoms with Gasteiger partial charge in [-0.3, -0.25) is 19.3 Å². The van der Waals surface area contributed by atoms with Gasteiger partial charge < -0.3 is 9.72 Å². The maximum absolute atomic E-state index is 13.0. The van der Waals surface area contributed by atoms with Gasteiger partial charge in [-0.2, -0.15) is 0 Å². The van der Waals surface area contributed by atoms with E-state index in [9.17, 15) is 19.2 Å². The number of benzene rings is 1. The third-order valence-electron chi connectivity index (χ3n) is 5.40. The summed E-state index contributed by atoms with van der Waals surface area (Å²) in [4.78, 5) is 54.0. The number of thioether (sulfide) groups is 1. The molecular weight excluding hydrogens is 392 g/mol. The predicted octanol–water partition coefficient (Wildman–Crippen LogP) is 3.19. The molecule has 0 spiro atoms. The third kappa shape index (κ3) is 2.90. The Bertz CT molecular complexity index is 1070. The fraction of sp³-hybridized carbons (Fsp3) is 0.333. The number of para-hydroxylation sites is 1. The molecule has 0 saturated carbocycles. The standard InChI is InChI=1S/C21H20N2O5S/c1-11-18(13(3)24)12(2)22-19(11)15(25)10-28-20(27)21-9-8-17(26)23(21)14-6-4-5-7-16(14)29-21/h4-7,22H,8-10H2,1-3H3. The Hall–Kier alpha value is -2.87. The number of aryl methyl sites for hydroxylation is 1. The van der Waals surface area contributed by atoms with Crippen LogP contribution in [0.1, 0.15) is 51.9 Å². The van der Waals surface area contributed by atoms with Crippen molar-refractivity contribution in [1.82, 2.24) is 4.98 Å². The molecule has 1 fully saturated rings. The van der Waals surface area contributed by atoms with Gasteiger partial charge in [-0.05, 0) is 38.5 Å². The van der Waals surface area contributed by atoms with Crippen molar-refractivity contribution in [3.05, 3.63) is 46.8 Å². The maximum Gasteiger partial charge on any atom is 0.343 e. The van der Waals surface area contributed by atoms with Crippen molar-refractivity contribution >= 4 is 40.9 Å². The van der Waals surface area contributed by atoms with Crippen LogP contribution >= 0.6 is 11.8 Å². The number of H-pyrrole nitrogens is 1. The van der Waals surface area contributed by atoms with Gasteiger partial charge >= 0.3 is 5.97 Å². The molecule has 3 heterocycles. The quantitative estimate of drug-likeness (QED) is 0.598. The maximum atomic E-state index is 13.0. The number of carbonyl (C=O) groups is 4. The molecule has 4 rings (SSSR count). The normalized spacial score (nSPS) is 19.8. The Labute approximate surface area is 171 Å². The Morgan fingerprint density at radius 1 is 1.24 bits per heavy atom. The minimum absolute atomic E-state index is 0.132. The highest BCUT2D eigenvalue weighted by Gasteiger charge is 2.58. The third-order valence-corrected chi connectivity index (χ3v) is 6.85. The van der Waals surface area contributed by atoms with Crippen molar-refractivity contribution in [1.29, 1.82) is 0 Å². The van der Waals surface area contributed by atoms with Gasteiger partial charge in [0.2, 0.25) is 11.7 Å². The molecule has 0 aliphatic carbocycles. The lowest BCUT2D eigenvalue weighted by Gasteiger charge is -2.28. The summed E-state index contributed by atoms with van der Waals surface area (Å²) in [7, 11) is 0. The molecule has 0 radical (unpaired) electrons. The van der Waals surface area contributed by atoms with E-state index in [0.29, 0.717) is 28.9 Å². The summed E-state index contributed by atoms with van der Waals surface area (Å²) in [6.07, 6.45) is 0.578. The molecule has 2 aliphatic heterocycles. The second kappa shape index (κ2) is 6.88. The zero-order valence-corrected chi connectivity index (χ0v) is 17.1. The fourth-order valence-electron chi connectivity index (χ4n) is 4.15. The first-order chi connectivity index (χ1) is 13.8. The monoisotopic (exact) mass is 412 g/mol. The molecule has 150 valence electrons. The highest BCUT2D eigenvalue weighted by Crippen LogP contribution is 2.56. The average molecular weight is 412 g/mol. The number of aromatic nitrogens is 1. The van der Waals surface area contributed by atoms with Gasteiger partial charge in [0.1, 0.15) is 0 Å². The largest absolute Gasteiger partial charge is 0.455 e. The number of carbonyl (C=O) groups excluding carboxylic acids is 4. The molecule has 1 aromatic carbocycles. The van der Waals surface area contributed by atoms with Crippen molar-refractivity contribution in [3.8, 4) is 0 Å². The van der Waals surface area contributed by atoms with Gasteiger partial charge in [-0.25, -0.2) is 4.79 Å². The fourth-order valence-corrected chi connectivity index (χ4v) is 5.56. The summed E-state index contributed by atoms with van der Waals surface area (Å²) in [6.45, 7) is 4.39. The smallest absolute Gasteiger partial charge is 0.343 e. The Kier molecular flexibility index (Phi) is 4.61. The summed E-state index contributed by atoms with van der Waals surface area (Å²) < 4.78 is 5.38. The molecular formula is C21H20N2O5S. The van der Waals surface area contributed by atoms with E-state index in [1.807, 2.05) is 18.2 Å². The first kappa shape index (κ1) is 19.4. The molecule has 29 heavy (non-hydrogen) atoms. The second-order valence-corrected chi connectivity index (χ2v) is 8.58. The van der Waals surface area contributed by atoms with E-state index in [-0.39, 0.29) is 23.8 Å². The van der Waals surface area contributed by atoms with Crippen LogP contribution in [-0.2, 0) is 14.3 Å². The molecule has 8 heteroatoms. The zero-order valence-electron chi connectivity index (χ0n) is 16.3. The van der Waals surface area contributed by atoms with E-state index in [2.05, 4.69) is 4.98 Å². The lowest BCUT2D eigenvalue weighted by molar-refractivity contribution is -0.145. The molecule has 1 atom stereocenters. The summed E-state index contributed by atoms with van der Waals surface area (Å²) in [5, 5.41) is 0. The van der Waals surface area contributed by atoms with E-state index >= 15 is 0 Å². The topological polar surface area (TPSA) is 96.5 Å². The van der Waals surface area contributed by atoms with Crippen molar-refractivity contribution < 1.29 is 23.9 Å². The van der Waals surface area contributed by atoms with E-state index in [0.717, 1.165) is 4.90 Å². The number of hydrogen-bond donors (Lipinski definition) is 1. The number of aromatic amines is 1. The molecule has 1 N–H and O–H groups in total. The number of rotatable bonds is 5. The van der Waals surface area contributed by atoms with Gasteiger partial charge in [-0.1, -0.05) is 23.9 Å². The van der Waals surface area contributed by atoms with Crippen LogP contribution in [0.25, 0.3) is 0 Å². The van der Waals surface area contributed by atoms with Crippen LogP contribution in [0, 0.1) is 13.8 Å². The highest BCUT2D eigenvalue weighted by atomic mass is 32.2. The van der Waals surface area contributed by atoms with Crippen molar-refractivity contribution in [3.63, 3.8) is 0 Å². The first-order valence-corrected chi connectivity index (χ1v) is 10.1. The molecule has 1 saturated heterocycles. The predicted molar refractivity (Wildman–Crippen MR) is 107 cm³/mol. The van der Waals surface area contributed by atoms with Crippen molar-refractivity contribution in [2.45, 2.75) is 43.4 Å². The minimum atomic E-state index is -1.16. The number of fused-ring (bicyclic) bond motifs is 3. The SMILES string of the molecule is CC(=O)c1c(C)[nH]c(C(=O)COC(=O)C23CCC(=O)N2c2ccccc2S3)c1C. The van der Waals surface area contributed by atoms with Gasteiger partial charge in [-0.15, -0.1) is 0 Å².